The van der Waals surface area contributed by atoms with Gasteiger partial charge in [-0.25, -0.2) is 4.39 Å². The summed E-state index contributed by atoms with van der Waals surface area (Å²) in [5.74, 6) is -0.0572. The number of carbonyl (C=O) groups is 2. The van der Waals surface area contributed by atoms with Crippen LogP contribution in [0, 0.1) is 11.7 Å². The van der Waals surface area contributed by atoms with E-state index in [9.17, 15) is 14.0 Å². The monoisotopic (exact) mass is 343 g/mol. The molecular formula is C19H22FN3O2. The predicted molar refractivity (Wildman–Crippen MR) is 91.9 cm³/mol. The van der Waals surface area contributed by atoms with Gasteiger partial charge >= 0.3 is 0 Å². The molecule has 0 unspecified atom stereocenters. The number of ketones is 1. The van der Waals surface area contributed by atoms with Crippen molar-refractivity contribution in [2.45, 2.75) is 32.6 Å². The second-order valence-electron chi connectivity index (χ2n) is 6.65. The number of hydrogen-bond donors (Lipinski definition) is 1. The van der Waals surface area contributed by atoms with Crippen molar-refractivity contribution < 1.29 is 14.0 Å². The molecule has 2 heterocycles. The zero-order chi connectivity index (χ0) is 17.8. The van der Waals surface area contributed by atoms with Gasteiger partial charge in [-0.1, -0.05) is 12.1 Å². The van der Waals surface area contributed by atoms with Crippen molar-refractivity contribution in [3.05, 3.63) is 53.1 Å². The number of hydrogen-bond acceptors (Lipinski definition) is 3. The maximum atomic E-state index is 13.0. The molecule has 0 saturated carbocycles. The van der Waals surface area contributed by atoms with Crippen LogP contribution in [-0.4, -0.2) is 39.9 Å². The van der Waals surface area contributed by atoms with E-state index < -0.39 is 0 Å². The second kappa shape index (κ2) is 7.59. The molecule has 6 heteroatoms. The first kappa shape index (κ1) is 17.3. The van der Waals surface area contributed by atoms with Crippen LogP contribution < -0.4 is 0 Å². The van der Waals surface area contributed by atoms with Crippen LogP contribution in [0.5, 0.6) is 0 Å². The molecule has 1 aliphatic rings. The van der Waals surface area contributed by atoms with Gasteiger partial charge in [0.25, 0.3) is 5.91 Å². The fourth-order valence-electron chi connectivity index (χ4n) is 3.29. The molecular weight excluding hydrogens is 321 g/mol. The molecule has 1 aromatic heterocycles. The Bertz CT molecular complexity index is 754. The molecule has 0 radical (unpaired) electrons. The summed E-state index contributed by atoms with van der Waals surface area (Å²) in [7, 11) is 0. The summed E-state index contributed by atoms with van der Waals surface area (Å²) in [6.07, 6.45) is 3.91. The highest BCUT2D eigenvalue weighted by atomic mass is 19.1. The number of aryl methyl sites for hydroxylation is 1. The fourth-order valence-corrected chi connectivity index (χ4v) is 3.29. The van der Waals surface area contributed by atoms with Crippen LogP contribution in [0.2, 0.25) is 0 Å². The highest BCUT2D eigenvalue weighted by Crippen LogP contribution is 2.23. The lowest BCUT2D eigenvalue weighted by Gasteiger charge is -2.32. The summed E-state index contributed by atoms with van der Waals surface area (Å²) in [6, 6.07) is 8.12. The van der Waals surface area contributed by atoms with Gasteiger partial charge in [-0.3, -0.25) is 14.7 Å². The van der Waals surface area contributed by atoms with Crippen molar-refractivity contribution >= 4 is 11.7 Å². The van der Waals surface area contributed by atoms with Crippen LogP contribution in [0.4, 0.5) is 4.39 Å². The second-order valence-corrected chi connectivity index (χ2v) is 6.65. The lowest BCUT2D eigenvalue weighted by molar-refractivity contribution is 0.0662. The van der Waals surface area contributed by atoms with Crippen LogP contribution in [0.15, 0.2) is 30.3 Å². The number of rotatable bonds is 5. The molecule has 132 valence electrons. The van der Waals surface area contributed by atoms with E-state index in [1.807, 2.05) is 17.0 Å². The van der Waals surface area contributed by atoms with Crippen LogP contribution in [0.3, 0.4) is 0 Å². The number of Topliss-reactive ketones (excluding diaryl/α,β-unsaturated/α-hetero) is 1. The minimum Gasteiger partial charge on any atom is -0.337 e. The van der Waals surface area contributed by atoms with E-state index in [0.29, 0.717) is 18.2 Å². The number of benzene rings is 1. The third-order valence-corrected chi connectivity index (χ3v) is 4.73. The topological polar surface area (TPSA) is 66.1 Å². The summed E-state index contributed by atoms with van der Waals surface area (Å²) < 4.78 is 13.0. The average molecular weight is 343 g/mol. The Morgan fingerprint density at radius 2 is 2.08 bits per heavy atom. The van der Waals surface area contributed by atoms with Gasteiger partial charge in [0, 0.05) is 20.0 Å². The van der Waals surface area contributed by atoms with Gasteiger partial charge in [-0.2, -0.15) is 5.10 Å². The SMILES string of the molecule is CC(=O)c1cc(C(=O)N2CCC[C@H](CCc3ccc(F)cc3)C2)[nH]n1. The molecule has 25 heavy (non-hydrogen) atoms. The number of aromatic nitrogens is 2. The van der Waals surface area contributed by atoms with Crippen molar-refractivity contribution in [3.63, 3.8) is 0 Å². The molecule has 1 amide bonds. The number of piperidine rings is 1. The summed E-state index contributed by atoms with van der Waals surface area (Å²) in [6.45, 7) is 2.85. The minimum absolute atomic E-state index is 0.105. The molecule has 2 aromatic rings. The zero-order valence-corrected chi connectivity index (χ0v) is 14.3. The average Bonchev–Trinajstić information content (AvgIpc) is 3.11. The molecule has 1 saturated heterocycles. The van der Waals surface area contributed by atoms with Gasteiger partial charge in [0.05, 0.1) is 0 Å². The maximum absolute atomic E-state index is 13.0. The largest absolute Gasteiger partial charge is 0.337 e. The molecule has 1 atom stereocenters. The Kier molecular flexibility index (Phi) is 5.26. The molecule has 0 aliphatic carbocycles. The van der Waals surface area contributed by atoms with E-state index in [-0.39, 0.29) is 23.2 Å². The van der Waals surface area contributed by atoms with Gasteiger partial charge in [-0.05, 0) is 55.4 Å². The first-order valence-corrected chi connectivity index (χ1v) is 8.63. The highest BCUT2D eigenvalue weighted by molar-refractivity contribution is 5.97. The van der Waals surface area contributed by atoms with Crippen molar-refractivity contribution in [1.82, 2.24) is 15.1 Å². The first-order valence-electron chi connectivity index (χ1n) is 8.63. The van der Waals surface area contributed by atoms with Crippen LogP contribution in [0.25, 0.3) is 0 Å². The summed E-state index contributed by atoms with van der Waals surface area (Å²) >= 11 is 0. The molecule has 0 spiro atoms. The highest BCUT2D eigenvalue weighted by Gasteiger charge is 2.25. The summed E-state index contributed by atoms with van der Waals surface area (Å²) in [5.41, 5.74) is 1.77. The third-order valence-electron chi connectivity index (χ3n) is 4.73. The molecule has 1 N–H and O–H groups in total. The van der Waals surface area contributed by atoms with E-state index in [4.69, 9.17) is 0 Å². The van der Waals surface area contributed by atoms with Gasteiger partial charge < -0.3 is 4.90 Å². The Labute approximate surface area is 146 Å². The Balaban J connectivity index is 1.57. The summed E-state index contributed by atoms with van der Waals surface area (Å²) in [4.78, 5) is 25.7. The Morgan fingerprint density at radius 3 is 2.76 bits per heavy atom. The number of nitrogens with zero attached hydrogens (tertiary/aromatic N) is 2. The molecule has 1 aliphatic heterocycles. The van der Waals surface area contributed by atoms with E-state index in [1.54, 1.807) is 0 Å². The van der Waals surface area contributed by atoms with E-state index >= 15 is 0 Å². The van der Waals surface area contributed by atoms with Gasteiger partial charge in [0.2, 0.25) is 0 Å². The number of likely N-dealkylation sites (tertiary alicyclic amines) is 1. The van der Waals surface area contributed by atoms with Crippen molar-refractivity contribution in [3.8, 4) is 0 Å². The predicted octanol–water partition coefficient (Wildman–Crippen LogP) is 3.24. The quantitative estimate of drug-likeness (QED) is 0.848. The maximum Gasteiger partial charge on any atom is 0.271 e. The van der Waals surface area contributed by atoms with Gasteiger partial charge in [-0.15, -0.1) is 0 Å². The zero-order valence-electron chi connectivity index (χ0n) is 14.3. The minimum atomic E-state index is -0.220. The number of halogens is 1. The normalized spacial score (nSPS) is 17.5. The Morgan fingerprint density at radius 1 is 1.32 bits per heavy atom. The van der Waals surface area contributed by atoms with Gasteiger partial charge in [0.1, 0.15) is 17.2 Å². The smallest absolute Gasteiger partial charge is 0.271 e. The van der Waals surface area contributed by atoms with Crippen molar-refractivity contribution in [2.75, 3.05) is 13.1 Å². The van der Waals surface area contributed by atoms with E-state index in [0.717, 1.165) is 37.8 Å². The number of H-pyrrole nitrogens is 1. The Hall–Kier alpha value is -2.50. The van der Waals surface area contributed by atoms with E-state index in [2.05, 4.69) is 10.2 Å². The number of amides is 1. The molecule has 1 fully saturated rings. The van der Waals surface area contributed by atoms with Crippen LogP contribution in [0.1, 0.15) is 52.7 Å². The van der Waals surface area contributed by atoms with E-state index in [1.165, 1.54) is 25.1 Å². The number of carbonyl (C=O) groups excluding carboxylic acids is 2. The molecule has 3 rings (SSSR count). The lowest BCUT2D eigenvalue weighted by Crippen LogP contribution is -2.40. The third kappa shape index (κ3) is 4.32. The molecule has 5 nitrogen and oxygen atoms in total. The van der Waals surface area contributed by atoms with Crippen molar-refractivity contribution in [2.24, 2.45) is 5.92 Å². The number of nitrogens with one attached hydrogen (secondary N) is 1. The van der Waals surface area contributed by atoms with Crippen LogP contribution >= 0.6 is 0 Å². The lowest BCUT2D eigenvalue weighted by atomic mass is 9.91. The number of aromatic amines is 1. The molecule has 0 bridgehead atoms. The summed E-state index contributed by atoms with van der Waals surface area (Å²) in [5, 5.41) is 6.55. The van der Waals surface area contributed by atoms with Crippen molar-refractivity contribution in [1.29, 1.82) is 0 Å². The molecule has 1 aromatic carbocycles. The standard InChI is InChI=1S/C19H22FN3O2/c1-13(24)17-11-18(22-21-17)19(25)23-10-2-3-15(12-23)5-4-14-6-8-16(20)9-7-14/h6-9,11,15H,2-5,10,12H2,1H3,(H,21,22)/t15-/m1/s1. The van der Waals surface area contributed by atoms with Crippen LogP contribution in [-0.2, 0) is 6.42 Å². The fraction of sp³-hybridized carbons (Fsp3) is 0.421. The first-order chi connectivity index (χ1) is 12.0. The van der Waals surface area contributed by atoms with Gasteiger partial charge in [0.15, 0.2) is 5.78 Å².